The summed E-state index contributed by atoms with van der Waals surface area (Å²) in [5, 5.41) is 11.6. The molecule has 0 saturated carbocycles. The molecule has 0 bridgehead atoms. The van der Waals surface area contributed by atoms with Gasteiger partial charge in [-0.3, -0.25) is 4.79 Å². The van der Waals surface area contributed by atoms with Crippen molar-refractivity contribution in [2.75, 3.05) is 19.0 Å². The van der Waals surface area contributed by atoms with Crippen molar-refractivity contribution in [3.63, 3.8) is 0 Å². The van der Waals surface area contributed by atoms with Crippen LogP contribution in [0.2, 0.25) is 5.02 Å². The van der Waals surface area contributed by atoms with E-state index in [9.17, 15) is 4.79 Å². The Morgan fingerprint density at radius 1 is 1.15 bits per heavy atom. The number of rotatable bonds is 7. The minimum Gasteiger partial charge on any atom is -0.494 e. The van der Waals surface area contributed by atoms with Crippen LogP contribution in [0.25, 0.3) is 5.69 Å². The molecule has 2 aromatic carbocycles. The van der Waals surface area contributed by atoms with Crippen molar-refractivity contribution >= 4 is 23.2 Å². The van der Waals surface area contributed by atoms with E-state index in [0.29, 0.717) is 23.0 Å². The summed E-state index contributed by atoms with van der Waals surface area (Å²) in [5.41, 5.74) is 2.11. The largest absolute Gasteiger partial charge is 0.494 e. The molecule has 27 heavy (non-hydrogen) atoms. The SMILES string of the molecule is CCOc1ccc(NC(=O)c2nnn(-c3ccc(Cl)cc3)c2COC)cc1. The lowest BCUT2D eigenvalue weighted by molar-refractivity contribution is 0.101. The van der Waals surface area contributed by atoms with E-state index in [1.807, 2.05) is 6.92 Å². The first-order valence-electron chi connectivity index (χ1n) is 8.36. The average Bonchev–Trinajstić information content (AvgIpc) is 3.08. The summed E-state index contributed by atoms with van der Waals surface area (Å²) in [7, 11) is 1.55. The Bertz CT molecular complexity index is 908. The fourth-order valence-corrected chi connectivity index (χ4v) is 2.65. The van der Waals surface area contributed by atoms with Gasteiger partial charge >= 0.3 is 0 Å². The van der Waals surface area contributed by atoms with E-state index >= 15 is 0 Å². The number of hydrogen-bond donors (Lipinski definition) is 1. The highest BCUT2D eigenvalue weighted by Gasteiger charge is 2.20. The van der Waals surface area contributed by atoms with E-state index in [1.165, 1.54) is 0 Å². The number of halogens is 1. The predicted molar refractivity (Wildman–Crippen MR) is 103 cm³/mol. The predicted octanol–water partition coefficient (Wildman–Crippen LogP) is 3.72. The van der Waals surface area contributed by atoms with E-state index < -0.39 is 0 Å². The van der Waals surface area contributed by atoms with Crippen LogP contribution < -0.4 is 10.1 Å². The van der Waals surface area contributed by atoms with Crippen molar-refractivity contribution in [1.29, 1.82) is 0 Å². The minimum absolute atomic E-state index is 0.182. The van der Waals surface area contributed by atoms with Gasteiger partial charge in [0.25, 0.3) is 5.91 Å². The summed E-state index contributed by atoms with van der Waals surface area (Å²) in [6.07, 6.45) is 0. The molecule has 1 amide bonds. The van der Waals surface area contributed by atoms with Gasteiger partial charge in [0.05, 0.1) is 18.9 Å². The van der Waals surface area contributed by atoms with E-state index in [4.69, 9.17) is 21.1 Å². The number of hydrogen-bond acceptors (Lipinski definition) is 5. The first-order valence-corrected chi connectivity index (χ1v) is 8.74. The number of nitrogens with one attached hydrogen (secondary N) is 1. The molecular formula is C19H19ClN4O3. The summed E-state index contributed by atoms with van der Waals surface area (Å²) in [6.45, 7) is 2.68. The molecule has 0 spiro atoms. The van der Waals surface area contributed by atoms with Crippen molar-refractivity contribution in [3.05, 3.63) is 64.9 Å². The van der Waals surface area contributed by atoms with E-state index in [2.05, 4.69) is 15.6 Å². The molecule has 140 valence electrons. The zero-order valence-corrected chi connectivity index (χ0v) is 15.7. The molecule has 0 aliphatic rings. The number of benzene rings is 2. The van der Waals surface area contributed by atoms with Crippen molar-refractivity contribution < 1.29 is 14.3 Å². The number of carbonyl (C=O) groups excluding carboxylic acids is 1. The molecule has 0 saturated heterocycles. The van der Waals surface area contributed by atoms with Crippen molar-refractivity contribution in [2.24, 2.45) is 0 Å². The number of amides is 1. The number of carbonyl (C=O) groups is 1. The fourth-order valence-electron chi connectivity index (χ4n) is 2.53. The molecule has 1 aromatic heterocycles. The number of anilines is 1. The second-order valence-corrected chi connectivity index (χ2v) is 6.05. The van der Waals surface area contributed by atoms with Crippen LogP contribution in [0.3, 0.4) is 0 Å². The molecule has 3 aromatic rings. The van der Waals surface area contributed by atoms with Gasteiger partial charge in [-0.15, -0.1) is 5.10 Å². The third kappa shape index (κ3) is 4.45. The maximum absolute atomic E-state index is 12.7. The quantitative estimate of drug-likeness (QED) is 0.669. The van der Waals surface area contributed by atoms with Crippen molar-refractivity contribution in [3.8, 4) is 11.4 Å². The molecular weight excluding hydrogens is 368 g/mol. The molecule has 3 rings (SSSR count). The van der Waals surface area contributed by atoms with Gasteiger partial charge in [-0.05, 0) is 55.5 Å². The van der Waals surface area contributed by atoms with E-state index in [0.717, 1.165) is 11.4 Å². The Hall–Kier alpha value is -2.90. The van der Waals surface area contributed by atoms with Crippen molar-refractivity contribution in [2.45, 2.75) is 13.5 Å². The van der Waals surface area contributed by atoms with Crippen LogP contribution >= 0.6 is 11.6 Å². The topological polar surface area (TPSA) is 78.3 Å². The lowest BCUT2D eigenvalue weighted by Crippen LogP contribution is -2.16. The summed E-state index contributed by atoms with van der Waals surface area (Å²) in [6, 6.07) is 14.2. The number of ether oxygens (including phenoxy) is 2. The Labute approximate surface area is 161 Å². The monoisotopic (exact) mass is 386 g/mol. The molecule has 1 N–H and O–H groups in total. The highest BCUT2D eigenvalue weighted by Crippen LogP contribution is 2.19. The minimum atomic E-state index is -0.369. The van der Waals surface area contributed by atoms with Crippen molar-refractivity contribution in [1.82, 2.24) is 15.0 Å². The van der Waals surface area contributed by atoms with Crippen LogP contribution in [0.15, 0.2) is 48.5 Å². The Morgan fingerprint density at radius 2 is 1.85 bits per heavy atom. The Kier molecular flexibility index (Phi) is 6.05. The van der Waals surface area contributed by atoms with Gasteiger partial charge in [-0.2, -0.15) is 0 Å². The second-order valence-electron chi connectivity index (χ2n) is 5.62. The number of aromatic nitrogens is 3. The molecule has 0 aliphatic heterocycles. The lowest BCUT2D eigenvalue weighted by atomic mass is 10.2. The first-order chi connectivity index (χ1) is 13.1. The maximum Gasteiger partial charge on any atom is 0.278 e. The summed E-state index contributed by atoms with van der Waals surface area (Å²) in [4.78, 5) is 12.7. The zero-order valence-electron chi connectivity index (χ0n) is 15.0. The second kappa shape index (κ2) is 8.66. The van der Waals surface area contributed by atoms with Crippen LogP contribution in [0, 0.1) is 0 Å². The van der Waals surface area contributed by atoms with Gasteiger partial charge < -0.3 is 14.8 Å². The summed E-state index contributed by atoms with van der Waals surface area (Å²) in [5.74, 6) is 0.371. The van der Waals surface area contributed by atoms with Gasteiger partial charge in [0, 0.05) is 17.8 Å². The van der Waals surface area contributed by atoms with Crippen LogP contribution in [0.1, 0.15) is 23.1 Å². The van der Waals surface area contributed by atoms with E-state index in [-0.39, 0.29) is 18.2 Å². The molecule has 7 nitrogen and oxygen atoms in total. The number of nitrogens with zero attached hydrogens (tertiary/aromatic N) is 3. The maximum atomic E-state index is 12.7. The molecule has 0 unspecified atom stereocenters. The van der Waals surface area contributed by atoms with Crippen LogP contribution in [-0.2, 0) is 11.3 Å². The Morgan fingerprint density at radius 3 is 2.48 bits per heavy atom. The lowest BCUT2D eigenvalue weighted by Gasteiger charge is -2.09. The smallest absolute Gasteiger partial charge is 0.278 e. The van der Waals surface area contributed by atoms with Crippen LogP contribution in [0.5, 0.6) is 5.75 Å². The normalized spacial score (nSPS) is 10.6. The molecule has 0 atom stereocenters. The van der Waals surface area contributed by atoms with Gasteiger partial charge in [-0.25, -0.2) is 4.68 Å². The first kappa shape index (κ1) is 18.9. The highest BCUT2D eigenvalue weighted by molar-refractivity contribution is 6.30. The van der Waals surface area contributed by atoms with Gasteiger partial charge in [0.1, 0.15) is 11.4 Å². The average molecular weight is 387 g/mol. The zero-order chi connectivity index (χ0) is 19.2. The van der Waals surface area contributed by atoms with Gasteiger partial charge in [-0.1, -0.05) is 16.8 Å². The molecule has 0 radical (unpaired) electrons. The third-order valence-electron chi connectivity index (χ3n) is 3.75. The van der Waals surface area contributed by atoms with Crippen LogP contribution in [-0.4, -0.2) is 34.6 Å². The molecule has 8 heteroatoms. The summed E-state index contributed by atoms with van der Waals surface area (Å²) < 4.78 is 12.2. The Balaban J connectivity index is 1.84. The molecule has 0 fully saturated rings. The van der Waals surface area contributed by atoms with Crippen LogP contribution in [0.4, 0.5) is 5.69 Å². The van der Waals surface area contributed by atoms with E-state index in [1.54, 1.807) is 60.3 Å². The van der Waals surface area contributed by atoms with Gasteiger partial charge in [0.15, 0.2) is 5.69 Å². The standard InChI is InChI=1S/C19H19ClN4O3/c1-3-27-16-10-6-14(7-11-16)21-19(25)18-17(12-26-2)24(23-22-18)15-8-4-13(20)5-9-15/h4-11H,3,12H2,1-2H3,(H,21,25). The molecule has 0 aliphatic carbocycles. The molecule has 1 heterocycles. The summed E-state index contributed by atoms with van der Waals surface area (Å²) >= 11 is 5.93. The number of methoxy groups -OCH3 is 1. The van der Waals surface area contributed by atoms with Gasteiger partial charge in [0.2, 0.25) is 0 Å². The fraction of sp³-hybridized carbons (Fsp3) is 0.211. The highest BCUT2D eigenvalue weighted by atomic mass is 35.5. The third-order valence-corrected chi connectivity index (χ3v) is 4.01.